The van der Waals surface area contributed by atoms with Crippen molar-refractivity contribution in [2.24, 2.45) is 0 Å². The molecule has 0 spiro atoms. The Labute approximate surface area is 140 Å². The molecule has 0 fully saturated rings. The number of pyridine rings is 1. The Hall–Kier alpha value is -2.47. The van der Waals surface area contributed by atoms with Crippen LogP contribution in [0.1, 0.15) is 21.6 Å². The number of rotatable bonds is 4. The van der Waals surface area contributed by atoms with Gasteiger partial charge in [-0.05, 0) is 36.8 Å². The van der Waals surface area contributed by atoms with Crippen molar-refractivity contribution in [2.75, 3.05) is 0 Å². The van der Waals surface area contributed by atoms with Crippen LogP contribution < -0.4 is 10.3 Å². The molecule has 2 heterocycles. The van der Waals surface area contributed by atoms with E-state index in [9.17, 15) is 9.59 Å². The Morgan fingerprint density at radius 2 is 2.09 bits per heavy atom. The topological polar surface area (TPSA) is 60.7 Å². The molecule has 23 heavy (non-hydrogen) atoms. The van der Waals surface area contributed by atoms with E-state index >= 15 is 0 Å². The molecule has 3 rings (SSSR count). The number of hydrogen-bond donors (Lipinski definition) is 0. The lowest BCUT2D eigenvalue weighted by molar-refractivity contribution is 0.111. The fourth-order valence-corrected chi connectivity index (χ4v) is 2.61. The Balaban J connectivity index is 1.89. The van der Waals surface area contributed by atoms with E-state index in [4.69, 9.17) is 4.74 Å². The normalized spacial score (nSPS) is 10.7. The number of carbonyl (C=O) groups is 1. The molecule has 0 radical (unpaired) electrons. The van der Waals surface area contributed by atoms with Crippen molar-refractivity contribution in [3.05, 3.63) is 74.2 Å². The van der Waals surface area contributed by atoms with Gasteiger partial charge in [0.15, 0.2) is 6.29 Å². The minimum atomic E-state index is -0.163. The molecule has 0 saturated heterocycles. The van der Waals surface area contributed by atoms with Gasteiger partial charge in [-0.3, -0.25) is 14.0 Å². The van der Waals surface area contributed by atoms with E-state index in [1.807, 2.05) is 13.0 Å². The molecule has 0 amide bonds. The van der Waals surface area contributed by atoms with E-state index < -0.39 is 0 Å². The van der Waals surface area contributed by atoms with Crippen LogP contribution in [0.4, 0.5) is 0 Å². The van der Waals surface area contributed by atoms with Crippen molar-refractivity contribution in [1.29, 1.82) is 0 Å². The largest absolute Gasteiger partial charge is 0.487 e. The number of aryl methyl sites for hydroxylation is 1. The van der Waals surface area contributed by atoms with Crippen molar-refractivity contribution in [3.8, 4) is 5.75 Å². The maximum atomic E-state index is 12.1. The molecular weight excluding hydrogens is 360 g/mol. The molecule has 0 bridgehead atoms. The van der Waals surface area contributed by atoms with Gasteiger partial charge in [0.1, 0.15) is 18.0 Å². The molecular formula is C17H13BrN2O3. The molecule has 3 aromatic rings. The van der Waals surface area contributed by atoms with Crippen LogP contribution in [-0.4, -0.2) is 15.7 Å². The van der Waals surface area contributed by atoms with Gasteiger partial charge in [0.05, 0.1) is 11.3 Å². The molecule has 116 valence electrons. The van der Waals surface area contributed by atoms with Gasteiger partial charge in [0, 0.05) is 16.7 Å². The number of fused-ring (bicyclic) bond motifs is 1. The third-order valence-electron chi connectivity index (χ3n) is 3.33. The fraction of sp³-hybridized carbons (Fsp3) is 0.118. The van der Waals surface area contributed by atoms with Crippen LogP contribution in [0.2, 0.25) is 0 Å². The Kier molecular flexibility index (Phi) is 4.25. The standard InChI is InChI=1S/C17H13BrN2O3/c1-11-2-5-16-19-14(7-17(22)20(16)8-11)10-23-15-4-3-13(18)6-12(15)9-21/h2-9H,10H2,1H3. The molecule has 0 unspecified atom stereocenters. The van der Waals surface area contributed by atoms with Gasteiger partial charge in [-0.25, -0.2) is 4.98 Å². The van der Waals surface area contributed by atoms with Crippen LogP contribution in [0.25, 0.3) is 5.65 Å². The summed E-state index contributed by atoms with van der Waals surface area (Å²) in [6, 6.07) is 10.3. The van der Waals surface area contributed by atoms with E-state index in [0.29, 0.717) is 22.7 Å². The lowest BCUT2D eigenvalue weighted by Crippen LogP contribution is -2.16. The number of benzene rings is 1. The number of carbonyl (C=O) groups excluding carboxylic acids is 1. The van der Waals surface area contributed by atoms with Gasteiger partial charge in [0.25, 0.3) is 5.56 Å². The zero-order valence-electron chi connectivity index (χ0n) is 12.3. The maximum Gasteiger partial charge on any atom is 0.258 e. The first kappa shape index (κ1) is 15.4. The molecule has 6 heteroatoms. The lowest BCUT2D eigenvalue weighted by Gasteiger charge is -2.09. The summed E-state index contributed by atoms with van der Waals surface area (Å²) in [5.41, 5.74) is 2.33. The number of nitrogens with zero attached hydrogens (tertiary/aromatic N) is 2. The highest BCUT2D eigenvalue weighted by atomic mass is 79.9. The average molecular weight is 373 g/mol. The van der Waals surface area contributed by atoms with Crippen LogP contribution in [0.15, 0.2) is 51.9 Å². The zero-order chi connectivity index (χ0) is 16.4. The van der Waals surface area contributed by atoms with Crippen molar-refractivity contribution in [1.82, 2.24) is 9.38 Å². The van der Waals surface area contributed by atoms with E-state index in [-0.39, 0.29) is 12.2 Å². The van der Waals surface area contributed by atoms with Gasteiger partial charge in [-0.15, -0.1) is 0 Å². The van der Waals surface area contributed by atoms with E-state index in [1.54, 1.807) is 30.5 Å². The smallest absolute Gasteiger partial charge is 0.258 e. The predicted octanol–water partition coefficient (Wildman–Crippen LogP) is 3.16. The highest BCUT2D eigenvalue weighted by Crippen LogP contribution is 2.22. The fourth-order valence-electron chi connectivity index (χ4n) is 2.23. The van der Waals surface area contributed by atoms with Crippen LogP contribution in [-0.2, 0) is 6.61 Å². The average Bonchev–Trinajstić information content (AvgIpc) is 2.54. The second-order valence-electron chi connectivity index (χ2n) is 5.11. The molecule has 5 nitrogen and oxygen atoms in total. The SMILES string of the molecule is Cc1ccc2nc(COc3ccc(Br)cc3C=O)cc(=O)n2c1. The number of halogens is 1. The highest BCUT2D eigenvalue weighted by Gasteiger charge is 2.07. The summed E-state index contributed by atoms with van der Waals surface area (Å²) < 4.78 is 7.93. The third kappa shape index (κ3) is 3.32. The summed E-state index contributed by atoms with van der Waals surface area (Å²) >= 11 is 3.30. The molecule has 0 aliphatic rings. The molecule has 1 aromatic carbocycles. The van der Waals surface area contributed by atoms with Crippen LogP contribution in [0.3, 0.4) is 0 Å². The zero-order valence-corrected chi connectivity index (χ0v) is 13.9. The quantitative estimate of drug-likeness (QED) is 0.660. The summed E-state index contributed by atoms with van der Waals surface area (Å²) in [6.45, 7) is 2.03. The van der Waals surface area contributed by atoms with Gasteiger partial charge in [0.2, 0.25) is 0 Å². The molecule has 0 aliphatic heterocycles. The van der Waals surface area contributed by atoms with Gasteiger partial charge in [-0.1, -0.05) is 22.0 Å². The summed E-state index contributed by atoms with van der Waals surface area (Å²) in [5.74, 6) is 0.453. The van der Waals surface area contributed by atoms with E-state index in [1.165, 1.54) is 10.5 Å². The molecule has 0 N–H and O–H groups in total. The predicted molar refractivity (Wildman–Crippen MR) is 90.1 cm³/mol. The Morgan fingerprint density at radius 3 is 2.87 bits per heavy atom. The van der Waals surface area contributed by atoms with Crippen molar-refractivity contribution in [3.63, 3.8) is 0 Å². The number of hydrogen-bond acceptors (Lipinski definition) is 4. The Bertz CT molecular complexity index is 950. The number of ether oxygens (including phenoxy) is 1. The van der Waals surface area contributed by atoms with E-state index in [0.717, 1.165) is 16.3 Å². The summed E-state index contributed by atoms with van der Waals surface area (Å²) in [6.07, 6.45) is 2.47. The number of aldehydes is 1. The number of aromatic nitrogens is 2. The first-order valence-corrected chi connectivity index (χ1v) is 7.72. The maximum absolute atomic E-state index is 12.1. The first-order valence-electron chi connectivity index (χ1n) is 6.93. The molecule has 0 saturated carbocycles. The minimum Gasteiger partial charge on any atom is -0.487 e. The van der Waals surface area contributed by atoms with Crippen molar-refractivity contribution >= 4 is 27.9 Å². The monoisotopic (exact) mass is 372 g/mol. The van der Waals surface area contributed by atoms with Crippen LogP contribution in [0, 0.1) is 6.92 Å². The molecule has 2 aromatic heterocycles. The third-order valence-corrected chi connectivity index (χ3v) is 3.83. The molecule has 0 aliphatic carbocycles. The van der Waals surface area contributed by atoms with Gasteiger partial charge >= 0.3 is 0 Å². The molecule has 0 atom stereocenters. The van der Waals surface area contributed by atoms with Crippen LogP contribution in [0.5, 0.6) is 5.75 Å². The highest BCUT2D eigenvalue weighted by molar-refractivity contribution is 9.10. The lowest BCUT2D eigenvalue weighted by atomic mass is 10.2. The van der Waals surface area contributed by atoms with Crippen molar-refractivity contribution in [2.45, 2.75) is 13.5 Å². The second-order valence-corrected chi connectivity index (χ2v) is 6.02. The van der Waals surface area contributed by atoms with E-state index in [2.05, 4.69) is 20.9 Å². The Morgan fingerprint density at radius 1 is 1.26 bits per heavy atom. The first-order chi connectivity index (χ1) is 11.1. The van der Waals surface area contributed by atoms with Gasteiger partial charge < -0.3 is 4.74 Å². The summed E-state index contributed by atoms with van der Waals surface area (Å²) in [5, 5.41) is 0. The van der Waals surface area contributed by atoms with Crippen molar-refractivity contribution < 1.29 is 9.53 Å². The van der Waals surface area contributed by atoms with Crippen LogP contribution >= 0.6 is 15.9 Å². The van der Waals surface area contributed by atoms with Gasteiger partial charge in [-0.2, -0.15) is 0 Å². The summed E-state index contributed by atoms with van der Waals surface area (Å²) in [7, 11) is 0. The minimum absolute atomic E-state index is 0.113. The summed E-state index contributed by atoms with van der Waals surface area (Å²) in [4.78, 5) is 27.6. The second kappa shape index (κ2) is 6.34.